The van der Waals surface area contributed by atoms with Gasteiger partial charge in [0.2, 0.25) is 6.41 Å². The molecule has 2 nitrogen and oxygen atoms in total. The van der Waals surface area contributed by atoms with E-state index in [1.54, 1.807) is 0 Å². The fraction of sp³-hybridized carbons (Fsp3) is 0.222. The molecular formula is C9H10BrNO. The summed E-state index contributed by atoms with van der Waals surface area (Å²) in [7, 11) is 0. The molecule has 1 N–H and O–H groups in total. The number of amides is 1. The van der Waals surface area contributed by atoms with Gasteiger partial charge in [-0.15, -0.1) is 0 Å². The van der Waals surface area contributed by atoms with E-state index in [4.69, 9.17) is 0 Å². The SMILES string of the molecule is Cc1ccc(Br)cc1CNC=O. The summed E-state index contributed by atoms with van der Waals surface area (Å²) in [5, 5.41) is 2.63. The van der Waals surface area contributed by atoms with Crippen LogP contribution in [-0.4, -0.2) is 6.41 Å². The Balaban J connectivity index is 2.82. The zero-order valence-electron chi connectivity index (χ0n) is 6.80. The molecule has 0 aromatic heterocycles. The lowest BCUT2D eigenvalue weighted by Gasteiger charge is -2.04. The van der Waals surface area contributed by atoms with Gasteiger partial charge in [0, 0.05) is 11.0 Å². The van der Waals surface area contributed by atoms with E-state index in [1.807, 2.05) is 25.1 Å². The molecule has 0 saturated carbocycles. The highest BCUT2D eigenvalue weighted by molar-refractivity contribution is 9.10. The normalized spacial score (nSPS) is 9.50. The molecule has 1 aromatic rings. The van der Waals surface area contributed by atoms with Crippen molar-refractivity contribution in [2.75, 3.05) is 0 Å². The zero-order valence-corrected chi connectivity index (χ0v) is 8.39. The highest BCUT2D eigenvalue weighted by atomic mass is 79.9. The Hall–Kier alpha value is -0.830. The van der Waals surface area contributed by atoms with Crippen molar-refractivity contribution in [1.29, 1.82) is 0 Å². The molecular weight excluding hydrogens is 218 g/mol. The summed E-state index contributed by atoms with van der Waals surface area (Å²) in [6.45, 7) is 2.61. The standard InChI is InChI=1S/C9H10BrNO/c1-7-2-3-9(10)4-8(7)5-11-6-12/h2-4,6H,5H2,1H3,(H,11,12). The first-order chi connectivity index (χ1) is 5.74. The molecule has 1 amide bonds. The topological polar surface area (TPSA) is 29.1 Å². The van der Waals surface area contributed by atoms with E-state index in [-0.39, 0.29) is 0 Å². The number of rotatable bonds is 3. The number of hydrogen-bond acceptors (Lipinski definition) is 1. The molecule has 1 rings (SSSR count). The van der Waals surface area contributed by atoms with E-state index in [9.17, 15) is 4.79 Å². The summed E-state index contributed by atoms with van der Waals surface area (Å²) in [6.07, 6.45) is 0.709. The van der Waals surface area contributed by atoms with Gasteiger partial charge in [0.1, 0.15) is 0 Å². The van der Waals surface area contributed by atoms with Crippen LogP contribution < -0.4 is 5.32 Å². The summed E-state index contributed by atoms with van der Waals surface area (Å²) in [5.41, 5.74) is 2.32. The monoisotopic (exact) mass is 227 g/mol. The molecule has 1 aromatic carbocycles. The highest BCUT2D eigenvalue weighted by Crippen LogP contribution is 2.15. The van der Waals surface area contributed by atoms with Crippen LogP contribution in [0.2, 0.25) is 0 Å². The fourth-order valence-electron chi connectivity index (χ4n) is 0.982. The number of carbonyl (C=O) groups excluding carboxylic acids is 1. The number of hydrogen-bond donors (Lipinski definition) is 1. The first kappa shape index (κ1) is 9.26. The van der Waals surface area contributed by atoms with Crippen molar-refractivity contribution < 1.29 is 4.79 Å². The van der Waals surface area contributed by atoms with E-state index < -0.39 is 0 Å². The lowest BCUT2D eigenvalue weighted by atomic mass is 10.1. The summed E-state index contributed by atoms with van der Waals surface area (Å²) in [5.74, 6) is 0. The maximum Gasteiger partial charge on any atom is 0.207 e. The van der Waals surface area contributed by atoms with Crippen molar-refractivity contribution in [3.8, 4) is 0 Å². The predicted molar refractivity (Wildman–Crippen MR) is 51.8 cm³/mol. The summed E-state index contributed by atoms with van der Waals surface area (Å²) in [4.78, 5) is 10.1. The minimum Gasteiger partial charge on any atom is -0.355 e. The molecule has 0 bridgehead atoms. The number of aryl methyl sites for hydroxylation is 1. The maximum atomic E-state index is 10.1. The molecule has 0 atom stereocenters. The van der Waals surface area contributed by atoms with Gasteiger partial charge in [-0.05, 0) is 30.2 Å². The lowest BCUT2D eigenvalue weighted by Crippen LogP contribution is -2.10. The van der Waals surface area contributed by atoms with Crippen molar-refractivity contribution in [3.63, 3.8) is 0 Å². The predicted octanol–water partition coefficient (Wildman–Crippen LogP) is 2.00. The molecule has 0 saturated heterocycles. The van der Waals surface area contributed by atoms with Gasteiger partial charge in [0.15, 0.2) is 0 Å². The van der Waals surface area contributed by atoms with Gasteiger partial charge in [0.25, 0.3) is 0 Å². The number of halogens is 1. The van der Waals surface area contributed by atoms with Crippen molar-refractivity contribution in [3.05, 3.63) is 33.8 Å². The van der Waals surface area contributed by atoms with Crippen LogP contribution in [-0.2, 0) is 11.3 Å². The molecule has 0 unspecified atom stereocenters. The Morgan fingerprint density at radius 2 is 2.33 bits per heavy atom. The molecule has 0 radical (unpaired) electrons. The van der Waals surface area contributed by atoms with E-state index in [1.165, 1.54) is 5.56 Å². The Kier molecular flexibility index (Phi) is 3.29. The minimum absolute atomic E-state index is 0.592. The summed E-state index contributed by atoms with van der Waals surface area (Å²) < 4.78 is 1.04. The Morgan fingerprint density at radius 3 is 3.00 bits per heavy atom. The third kappa shape index (κ3) is 2.34. The van der Waals surface area contributed by atoms with Crippen LogP contribution in [0.4, 0.5) is 0 Å². The second kappa shape index (κ2) is 4.26. The quantitative estimate of drug-likeness (QED) is 0.787. The van der Waals surface area contributed by atoms with Crippen molar-refractivity contribution in [2.24, 2.45) is 0 Å². The van der Waals surface area contributed by atoms with Gasteiger partial charge < -0.3 is 5.32 Å². The largest absolute Gasteiger partial charge is 0.355 e. The van der Waals surface area contributed by atoms with Crippen LogP contribution >= 0.6 is 15.9 Å². The first-order valence-electron chi connectivity index (χ1n) is 3.66. The average molecular weight is 228 g/mol. The van der Waals surface area contributed by atoms with Crippen LogP contribution in [0.1, 0.15) is 11.1 Å². The third-order valence-corrected chi connectivity index (χ3v) is 2.18. The molecule has 0 aliphatic carbocycles. The van der Waals surface area contributed by atoms with Gasteiger partial charge >= 0.3 is 0 Å². The van der Waals surface area contributed by atoms with E-state index in [0.29, 0.717) is 13.0 Å². The lowest BCUT2D eigenvalue weighted by molar-refractivity contribution is -0.109. The smallest absolute Gasteiger partial charge is 0.207 e. The number of carbonyl (C=O) groups is 1. The molecule has 12 heavy (non-hydrogen) atoms. The van der Waals surface area contributed by atoms with Crippen LogP contribution in [0.3, 0.4) is 0 Å². The minimum atomic E-state index is 0.592. The third-order valence-electron chi connectivity index (χ3n) is 1.69. The van der Waals surface area contributed by atoms with Crippen molar-refractivity contribution in [1.82, 2.24) is 5.32 Å². The van der Waals surface area contributed by atoms with Gasteiger partial charge in [-0.1, -0.05) is 22.0 Å². The first-order valence-corrected chi connectivity index (χ1v) is 4.45. The molecule has 0 aliphatic rings. The van der Waals surface area contributed by atoms with E-state index >= 15 is 0 Å². The highest BCUT2D eigenvalue weighted by Gasteiger charge is 1.97. The molecule has 0 spiro atoms. The number of nitrogens with one attached hydrogen (secondary N) is 1. The number of benzene rings is 1. The molecule has 0 heterocycles. The second-order valence-corrected chi connectivity index (χ2v) is 3.49. The van der Waals surface area contributed by atoms with Gasteiger partial charge in [-0.2, -0.15) is 0 Å². The van der Waals surface area contributed by atoms with Gasteiger partial charge in [0.05, 0.1) is 0 Å². The fourth-order valence-corrected chi connectivity index (χ4v) is 1.39. The van der Waals surface area contributed by atoms with E-state index in [0.717, 1.165) is 10.0 Å². The average Bonchev–Trinajstić information content (AvgIpc) is 2.07. The molecule has 0 aliphatic heterocycles. The molecule has 0 fully saturated rings. The van der Waals surface area contributed by atoms with Crippen LogP contribution in [0, 0.1) is 6.92 Å². The van der Waals surface area contributed by atoms with Gasteiger partial charge in [-0.3, -0.25) is 4.79 Å². The molecule has 64 valence electrons. The van der Waals surface area contributed by atoms with Gasteiger partial charge in [-0.25, -0.2) is 0 Å². The second-order valence-electron chi connectivity index (χ2n) is 2.57. The zero-order chi connectivity index (χ0) is 8.97. The Morgan fingerprint density at radius 1 is 1.58 bits per heavy atom. The van der Waals surface area contributed by atoms with Crippen molar-refractivity contribution >= 4 is 22.3 Å². The Labute approximate surface area is 80.1 Å². The Bertz CT molecular complexity index is 286. The maximum absolute atomic E-state index is 10.1. The summed E-state index contributed by atoms with van der Waals surface area (Å²) >= 11 is 3.37. The van der Waals surface area contributed by atoms with Crippen LogP contribution in [0.15, 0.2) is 22.7 Å². The van der Waals surface area contributed by atoms with Crippen LogP contribution in [0.5, 0.6) is 0 Å². The van der Waals surface area contributed by atoms with Crippen molar-refractivity contribution in [2.45, 2.75) is 13.5 Å². The van der Waals surface area contributed by atoms with Crippen LogP contribution in [0.25, 0.3) is 0 Å². The molecule has 3 heteroatoms. The summed E-state index contributed by atoms with van der Waals surface area (Å²) in [6, 6.07) is 6.01. The van der Waals surface area contributed by atoms with E-state index in [2.05, 4.69) is 21.2 Å².